The molecule has 0 aliphatic carbocycles. The van der Waals surface area contributed by atoms with Crippen molar-refractivity contribution < 1.29 is 4.79 Å². The van der Waals surface area contributed by atoms with Crippen molar-refractivity contribution in [3.8, 4) is 0 Å². The van der Waals surface area contributed by atoms with Crippen molar-refractivity contribution in [1.82, 2.24) is 4.98 Å². The Labute approximate surface area is 106 Å². The number of aromatic nitrogens is 1. The summed E-state index contributed by atoms with van der Waals surface area (Å²) >= 11 is 1.47. The number of amides is 1. The minimum absolute atomic E-state index is 0. The van der Waals surface area contributed by atoms with Crippen LogP contribution in [0.25, 0.3) is 0 Å². The first-order valence-electron chi connectivity index (χ1n) is 4.92. The third-order valence-electron chi connectivity index (χ3n) is 2.28. The van der Waals surface area contributed by atoms with Gasteiger partial charge in [0.15, 0.2) is 5.13 Å². The van der Waals surface area contributed by atoms with Crippen molar-refractivity contribution in [2.75, 3.05) is 5.32 Å². The van der Waals surface area contributed by atoms with E-state index >= 15 is 0 Å². The Hall–Kier alpha value is -0.650. The topological polar surface area (TPSA) is 68.0 Å². The molecule has 0 radical (unpaired) electrons. The Bertz CT molecular complexity index is 345. The number of rotatable bonds is 3. The number of nitrogens with zero attached hydrogens (tertiary/aromatic N) is 1. The van der Waals surface area contributed by atoms with Crippen LogP contribution in [-0.2, 0) is 4.79 Å². The van der Waals surface area contributed by atoms with Crippen LogP contribution in [0.5, 0.6) is 0 Å². The number of halogens is 1. The molecular formula is C10H18ClN3OS. The number of carbonyl (C=O) groups excluding carboxylic acids is 1. The molecule has 0 spiro atoms. The van der Waals surface area contributed by atoms with Crippen LogP contribution in [0.3, 0.4) is 0 Å². The van der Waals surface area contributed by atoms with Gasteiger partial charge in [0.05, 0.1) is 11.7 Å². The molecule has 1 amide bonds. The van der Waals surface area contributed by atoms with Crippen LogP contribution in [-0.4, -0.2) is 16.9 Å². The summed E-state index contributed by atoms with van der Waals surface area (Å²) in [5.41, 5.74) is 6.67. The predicted octanol–water partition coefficient (Wildman–Crippen LogP) is 2.10. The molecule has 1 heterocycles. The van der Waals surface area contributed by atoms with Gasteiger partial charge in [-0.1, -0.05) is 13.8 Å². The molecule has 4 nitrogen and oxygen atoms in total. The minimum atomic E-state index is -0.477. The monoisotopic (exact) mass is 263 g/mol. The highest BCUT2D eigenvalue weighted by atomic mass is 35.5. The predicted molar refractivity (Wildman–Crippen MR) is 70.3 cm³/mol. The number of nitrogens with one attached hydrogen (secondary N) is 1. The van der Waals surface area contributed by atoms with Crippen molar-refractivity contribution in [2.45, 2.75) is 33.7 Å². The van der Waals surface area contributed by atoms with E-state index in [0.29, 0.717) is 5.13 Å². The van der Waals surface area contributed by atoms with Gasteiger partial charge < -0.3 is 11.1 Å². The van der Waals surface area contributed by atoms with Gasteiger partial charge in [0, 0.05) is 4.88 Å². The van der Waals surface area contributed by atoms with E-state index in [1.165, 1.54) is 11.3 Å². The van der Waals surface area contributed by atoms with Gasteiger partial charge in [-0.3, -0.25) is 4.79 Å². The van der Waals surface area contributed by atoms with Crippen molar-refractivity contribution in [3.63, 3.8) is 0 Å². The summed E-state index contributed by atoms with van der Waals surface area (Å²) in [6.07, 6.45) is 0. The molecular weight excluding hydrogens is 246 g/mol. The first-order chi connectivity index (χ1) is 6.91. The van der Waals surface area contributed by atoms with Crippen LogP contribution >= 0.6 is 23.7 Å². The molecule has 1 atom stereocenters. The summed E-state index contributed by atoms with van der Waals surface area (Å²) in [5, 5.41) is 3.36. The Kier molecular flexibility index (Phi) is 5.92. The molecule has 0 aromatic carbocycles. The molecule has 0 unspecified atom stereocenters. The second kappa shape index (κ2) is 6.18. The first-order valence-corrected chi connectivity index (χ1v) is 5.74. The van der Waals surface area contributed by atoms with Crippen LogP contribution in [0.15, 0.2) is 0 Å². The second-order valence-corrected chi connectivity index (χ2v) is 5.12. The molecule has 0 aliphatic heterocycles. The molecule has 6 heteroatoms. The van der Waals surface area contributed by atoms with Gasteiger partial charge in [0.2, 0.25) is 5.91 Å². The van der Waals surface area contributed by atoms with Crippen LogP contribution in [0.4, 0.5) is 5.13 Å². The van der Waals surface area contributed by atoms with Gasteiger partial charge in [0.1, 0.15) is 0 Å². The minimum Gasteiger partial charge on any atom is -0.320 e. The van der Waals surface area contributed by atoms with Gasteiger partial charge in [-0.2, -0.15) is 0 Å². The fraction of sp³-hybridized carbons (Fsp3) is 0.600. The summed E-state index contributed by atoms with van der Waals surface area (Å²) in [6, 6.07) is -0.477. The summed E-state index contributed by atoms with van der Waals surface area (Å²) in [5.74, 6) is -0.0362. The van der Waals surface area contributed by atoms with E-state index in [9.17, 15) is 4.79 Å². The van der Waals surface area contributed by atoms with E-state index in [2.05, 4.69) is 10.3 Å². The van der Waals surface area contributed by atoms with E-state index in [4.69, 9.17) is 5.73 Å². The fourth-order valence-electron chi connectivity index (χ4n) is 1.02. The van der Waals surface area contributed by atoms with E-state index in [1.54, 1.807) is 0 Å². The van der Waals surface area contributed by atoms with Crippen molar-refractivity contribution >= 4 is 34.8 Å². The highest BCUT2D eigenvalue weighted by molar-refractivity contribution is 7.15. The zero-order chi connectivity index (χ0) is 11.6. The Morgan fingerprint density at radius 1 is 1.44 bits per heavy atom. The standard InChI is InChI=1S/C10H17N3OS.ClH/c1-5(2)8(11)9(14)13-10-12-6(3)7(4)15-10;/h5,8H,11H2,1-4H3,(H,12,13,14);1H/t8-;/m0./s1. The van der Waals surface area contributed by atoms with Crippen LogP contribution in [0.1, 0.15) is 24.4 Å². The van der Waals surface area contributed by atoms with Gasteiger partial charge in [-0.15, -0.1) is 23.7 Å². The fourth-order valence-corrected chi connectivity index (χ4v) is 1.84. The highest BCUT2D eigenvalue weighted by Crippen LogP contribution is 2.21. The number of thiazole rings is 1. The average molecular weight is 264 g/mol. The van der Waals surface area contributed by atoms with Crippen LogP contribution in [0.2, 0.25) is 0 Å². The van der Waals surface area contributed by atoms with Crippen molar-refractivity contribution in [2.24, 2.45) is 11.7 Å². The maximum absolute atomic E-state index is 11.6. The molecule has 0 fully saturated rings. The maximum atomic E-state index is 11.6. The Morgan fingerprint density at radius 3 is 2.38 bits per heavy atom. The molecule has 0 saturated carbocycles. The lowest BCUT2D eigenvalue weighted by molar-refractivity contribution is -0.118. The van der Waals surface area contributed by atoms with Gasteiger partial charge in [-0.25, -0.2) is 4.98 Å². The van der Waals surface area contributed by atoms with Gasteiger partial charge in [0.25, 0.3) is 0 Å². The lowest BCUT2D eigenvalue weighted by Crippen LogP contribution is -2.39. The van der Waals surface area contributed by atoms with Gasteiger partial charge >= 0.3 is 0 Å². The summed E-state index contributed by atoms with van der Waals surface area (Å²) in [7, 11) is 0. The SMILES string of the molecule is Cc1nc(NC(=O)[C@@H](N)C(C)C)sc1C.Cl. The zero-order valence-electron chi connectivity index (χ0n) is 9.90. The van der Waals surface area contributed by atoms with E-state index in [1.807, 2.05) is 27.7 Å². The molecule has 0 saturated heterocycles. The zero-order valence-corrected chi connectivity index (χ0v) is 11.5. The summed E-state index contributed by atoms with van der Waals surface area (Å²) in [4.78, 5) is 16.9. The average Bonchev–Trinajstić information content (AvgIpc) is 2.44. The number of aryl methyl sites for hydroxylation is 2. The normalized spacial score (nSPS) is 12.1. The Balaban J connectivity index is 0.00000225. The lowest BCUT2D eigenvalue weighted by atomic mass is 10.1. The maximum Gasteiger partial charge on any atom is 0.243 e. The molecule has 0 aliphatic rings. The molecule has 1 aromatic heterocycles. The smallest absolute Gasteiger partial charge is 0.243 e. The number of carbonyl (C=O) groups is 1. The van der Waals surface area contributed by atoms with Gasteiger partial charge in [-0.05, 0) is 19.8 Å². The number of nitrogens with two attached hydrogens (primary N) is 1. The van der Waals surface area contributed by atoms with Crippen molar-refractivity contribution in [3.05, 3.63) is 10.6 Å². The Morgan fingerprint density at radius 2 is 2.00 bits per heavy atom. The number of anilines is 1. The molecule has 92 valence electrons. The number of hydrogen-bond acceptors (Lipinski definition) is 4. The third-order valence-corrected chi connectivity index (χ3v) is 3.27. The lowest BCUT2D eigenvalue weighted by Gasteiger charge is -2.13. The van der Waals surface area contributed by atoms with Crippen LogP contribution in [0, 0.1) is 19.8 Å². The number of hydrogen-bond donors (Lipinski definition) is 2. The largest absolute Gasteiger partial charge is 0.320 e. The molecule has 3 N–H and O–H groups in total. The third kappa shape index (κ3) is 3.73. The van der Waals surface area contributed by atoms with E-state index in [-0.39, 0.29) is 24.2 Å². The van der Waals surface area contributed by atoms with Crippen LogP contribution < -0.4 is 11.1 Å². The van der Waals surface area contributed by atoms with E-state index in [0.717, 1.165) is 10.6 Å². The summed E-state index contributed by atoms with van der Waals surface area (Å²) < 4.78 is 0. The first kappa shape index (κ1) is 15.3. The quantitative estimate of drug-likeness (QED) is 0.878. The highest BCUT2D eigenvalue weighted by Gasteiger charge is 2.18. The second-order valence-electron chi connectivity index (χ2n) is 3.92. The summed E-state index contributed by atoms with van der Waals surface area (Å²) in [6.45, 7) is 7.74. The molecule has 16 heavy (non-hydrogen) atoms. The van der Waals surface area contributed by atoms with Crippen molar-refractivity contribution in [1.29, 1.82) is 0 Å². The molecule has 1 rings (SSSR count). The molecule has 1 aromatic rings. The van der Waals surface area contributed by atoms with E-state index < -0.39 is 6.04 Å². The molecule has 0 bridgehead atoms.